The molecule has 4 saturated carbocycles. The van der Waals surface area contributed by atoms with Crippen LogP contribution in [0.5, 0.6) is 0 Å². The predicted octanol–water partition coefficient (Wildman–Crippen LogP) is 3.55. The Morgan fingerprint density at radius 1 is 1.20 bits per heavy atom. The minimum Gasteiger partial charge on any atom is -0.385 e. The molecule has 0 atom stereocenters. The summed E-state index contributed by atoms with van der Waals surface area (Å²) in [5.74, 6) is 3.78. The summed E-state index contributed by atoms with van der Waals surface area (Å²) in [4.78, 5) is 0. The van der Waals surface area contributed by atoms with E-state index >= 15 is 0 Å². The number of nitriles is 1. The number of nitrogen functional groups attached to an aromatic ring is 1. The Labute approximate surface area is 120 Å². The molecule has 4 bridgehead atoms. The standard InChI is InChI=1S/C17H23N3/c18-10-15-6-16(19)20(11-15)2-1-17-7-12-3-13(8-17)5-14(4-12)9-17/h6,11-14H,1-5,7-9,19H2. The second-order valence-corrected chi connectivity index (χ2v) is 7.63. The second-order valence-electron chi connectivity index (χ2n) is 7.63. The quantitative estimate of drug-likeness (QED) is 0.912. The van der Waals surface area contributed by atoms with Crippen molar-refractivity contribution in [2.75, 3.05) is 5.73 Å². The van der Waals surface area contributed by atoms with E-state index in [1.54, 1.807) is 6.07 Å². The maximum atomic E-state index is 8.95. The van der Waals surface area contributed by atoms with Crippen molar-refractivity contribution in [3.05, 3.63) is 17.8 Å². The topological polar surface area (TPSA) is 54.7 Å². The largest absolute Gasteiger partial charge is 0.385 e. The fourth-order valence-electron chi connectivity index (χ4n) is 5.73. The van der Waals surface area contributed by atoms with Crippen molar-refractivity contribution in [3.63, 3.8) is 0 Å². The average Bonchev–Trinajstić information content (AvgIpc) is 2.76. The highest BCUT2D eigenvalue weighted by Gasteiger charge is 2.50. The van der Waals surface area contributed by atoms with Crippen LogP contribution in [0.3, 0.4) is 0 Å². The van der Waals surface area contributed by atoms with E-state index in [4.69, 9.17) is 11.0 Å². The van der Waals surface area contributed by atoms with Crippen LogP contribution in [0, 0.1) is 34.5 Å². The minimum absolute atomic E-state index is 0.596. The third-order valence-electron chi connectivity index (χ3n) is 6.11. The van der Waals surface area contributed by atoms with E-state index in [0.717, 1.165) is 30.1 Å². The van der Waals surface area contributed by atoms with Crippen LogP contribution < -0.4 is 5.73 Å². The van der Waals surface area contributed by atoms with Gasteiger partial charge in [0.25, 0.3) is 0 Å². The molecule has 0 saturated heterocycles. The van der Waals surface area contributed by atoms with Gasteiger partial charge >= 0.3 is 0 Å². The average molecular weight is 269 g/mol. The van der Waals surface area contributed by atoms with Crippen LogP contribution in [0.2, 0.25) is 0 Å². The molecule has 3 heteroatoms. The maximum Gasteiger partial charge on any atom is 0.104 e. The first-order valence-corrected chi connectivity index (χ1v) is 8.01. The van der Waals surface area contributed by atoms with Gasteiger partial charge in [0.15, 0.2) is 0 Å². The van der Waals surface area contributed by atoms with Crippen LogP contribution in [-0.4, -0.2) is 4.57 Å². The Balaban J connectivity index is 1.49. The summed E-state index contributed by atoms with van der Waals surface area (Å²) in [5, 5.41) is 8.95. The van der Waals surface area contributed by atoms with Crippen molar-refractivity contribution in [1.29, 1.82) is 5.26 Å². The monoisotopic (exact) mass is 269 g/mol. The molecule has 1 aromatic rings. The first-order valence-electron chi connectivity index (χ1n) is 8.01. The Kier molecular flexibility index (Phi) is 2.64. The second kappa shape index (κ2) is 4.28. The van der Waals surface area contributed by atoms with Gasteiger partial charge in [-0.1, -0.05) is 0 Å². The molecule has 4 aliphatic rings. The number of hydrogen-bond acceptors (Lipinski definition) is 2. The molecule has 3 nitrogen and oxygen atoms in total. The number of aromatic nitrogens is 1. The third-order valence-corrected chi connectivity index (χ3v) is 6.11. The molecule has 0 unspecified atom stereocenters. The number of anilines is 1. The van der Waals surface area contributed by atoms with E-state index in [1.165, 1.54) is 44.9 Å². The van der Waals surface area contributed by atoms with Crippen molar-refractivity contribution in [1.82, 2.24) is 4.57 Å². The van der Waals surface area contributed by atoms with Gasteiger partial charge in [-0.05, 0) is 74.2 Å². The van der Waals surface area contributed by atoms with E-state index in [2.05, 4.69) is 10.6 Å². The van der Waals surface area contributed by atoms with Gasteiger partial charge in [0.05, 0.1) is 5.56 Å². The SMILES string of the molecule is N#Cc1cc(N)n(CCC23CC4CC(CC(C4)C2)C3)c1. The molecule has 106 valence electrons. The van der Waals surface area contributed by atoms with Crippen molar-refractivity contribution in [2.24, 2.45) is 23.2 Å². The normalized spacial score (nSPS) is 38.0. The van der Waals surface area contributed by atoms with Crippen molar-refractivity contribution in [3.8, 4) is 6.07 Å². The summed E-state index contributed by atoms with van der Waals surface area (Å²) in [6.45, 7) is 0.986. The summed E-state index contributed by atoms with van der Waals surface area (Å²) in [5.41, 5.74) is 7.29. The zero-order valence-corrected chi connectivity index (χ0v) is 12.0. The molecule has 0 aliphatic heterocycles. The predicted molar refractivity (Wildman–Crippen MR) is 78.8 cm³/mol. The molecule has 2 N–H and O–H groups in total. The number of nitrogens with two attached hydrogens (primary N) is 1. The number of rotatable bonds is 3. The van der Waals surface area contributed by atoms with Crippen LogP contribution in [-0.2, 0) is 6.54 Å². The molecule has 0 radical (unpaired) electrons. The lowest BCUT2D eigenvalue weighted by Crippen LogP contribution is -2.46. The fraction of sp³-hybridized carbons (Fsp3) is 0.706. The molecule has 0 amide bonds. The molecular weight excluding hydrogens is 246 g/mol. The molecule has 0 aromatic carbocycles. The number of aryl methyl sites for hydroxylation is 1. The molecular formula is C17H23N3. The third kappa shape index (κ3) is 1.93. The molecule has 20 heavy (non-hydrogen) atoms. The van der Waals surface area contributed by atoms with Crippen molar-refractivity contribution >= 4 is 5.82 Å². The highest BCUT2D eigenvalue weighted by Crippen LogP contribution is 2.61. The summed E-state index contributed by atoms with van der Waals surface area (Å²) >= 11 is 0. The Morgan fingerprint density at radius 3 is 2.30 bits per heavy atom. The van der Waals surface area contributed by atoms with Crippen molar-refractivity contribution in [2.45, 2.75) is 51.5 Å². The van der Waals surface area contributed by atoms with Gasteiger partial charge < -0.3 is 10.3 Å². The van der Waals surface area contributed by atoms with Gasteiger partial charge in [0.2, 0.25) is 0 Å². The van der Waals surface area contributed by atoms with E-state index in [-0.39, 0.29) is 0 Å². The van der Waals surface area contributed by atoms with Gasteiger partial charge in [-0.25, -0.2) is 0 Å². The first kappa shape index (κ1) is 12.3. The Bertz CT molecular complexity index is 528. The number of hydrogen-bond donors (Lipinski definition) is 1. The highest BCUT2D eigenvalue weighted by molar-refractivity contribution is 5.41. The van der Waals surface area contributed by atoms with Gasteiger partial charge in [0, 0.05) is 12.7 Å². The summed E-state index contributed by atoms with van der Waals surface area (Å²) in [7, 11) is 0. The van der Waals surface area contributed by atoms with Crippen LogP contribution in [0.4, 0.5) is 5.82 Å². The van der Waals surface area contributed by atoms with E-state index in [0.29, 0.717) is 11.0 Å². The van der Waals surface area contributed by atoms with Gasteiger partial charge in [-0.3, -0.25) is 0 Å². The fourth-order valence-corrected chi connectivity index (χ4v) is 5.73. The van der Waals surface area contributed by atoms with Gasteiger partial charge in [-0.15, -0.1) is 0 Å². The Hall–Kier alpha value is -1.43. The molecule has 0 spiro atoms. The summed E-state index contributed by atoms with van der Waals surface area (Å²) < 4.78 is 2.08. The van der Waals surface area contributed by atoms with E-state index < -0.39 is 0 Å². The maximum absolute atomic E-state index is 8.95. The van der Waals surface area contributed by atoms with Crippen LogP contribution >= 0.6 is 0 Å². The lowest BCUT2D eigenvalue weighted by molar-refractivity contribution is -0.0591. The lowest BCUT2D eigenvalue weighted by atomic mass is 9.49. The number of nitrogens with zero attached hydrogens (tertiary/aromatic N) is 2. The molecule has 4 aliphatic carbocycles. The van der Waals surface area contributed by atoms with Crippen LogP contribution in [0.1, 0.15) is 50.5 Å². The highest BCUT2D eigenvalue weighted by atomic mass is 15.0. The van der Waals surface area contributed by atoms with Gasteiger partial charge in [0.1, 0.15) is 11.9 Å². The van der Waals surface area contributed by atoms with Crippen LogP contribution in [0.15, 0.2) is 12.3 Å². The zero-order chi connectivity index (χ0) is 13.7. The Morgan fingerprint density at radius 2 is 1.80 bits per heavy atom. The minimum atomic E-state index is 0.596. The lowest BCUT2D eigenvalue weighted by Gasteiger charge is -2.57. The van der Waals surface area contributed by atoms with Gasteiger partial charge in [-0.2, -0.15) is 5.26 Å². The zero-order valence-electron chi connectivity index (χ0n) is 12.0. The summed E-state index contributed by atoms with van der Waals surface area (Å²) in [6, 6.07) is 3.97. The molecule has 4 fully saturated rings. The summed E-state index contributed by atoms with van der Waals surface area (Å²) in [6.07, 6.45) is 12.0. The van der Waals surface area contributed by atoms with Crippen molar-refractivity contribution < 1.29 is 0 Å². The smallest absolute Gasteiger partial charge is 0.104 e. The molecule has 1 heterocycles. The van der Waals surface area contributed by atoms with Crippen LogP contribution in [0.25, 0.3) is 0 Å². The molecule has 5 rings (SSSR count). The van der Waals surface area contributed by atoms with E-state index in [9.17, 15) is 0 Å². The first-order chi connectivity index (χ1) is 9.66. The van der Waals surface area contributed by atoms with E-state index in [1.807, 2.05) is 6.20 Å². The molecule has 1 aromatic heterocycles.